The van der Waals surface area contributed by atoms with Crippen molar-refractivity contribution in [2.45, 2.75) is 13.0 Å². The van der Waals surface area contributed by atoms with E-state index in [0.29, 0.717) is 16.6 Å². The van der Waals surface area contributed by atoms with E-state index in [1.165, 1.54) is 0 Å². The van der Waals surface area contributed by atoms with Crippen LogP contribution in [0.3, 0.4) is 0 Å². The molecular weight excluding hydrogens is 434 g/mol. The van der Waals surface area contributed by atoms with Crippen molar-refractivity contribution in [2.24, 2.45) is 0 Å². The average Bonchev–Trinajstić information content (AvgIpc) is 2.87. The average molecular weight is 464 g/mol. The first kappa shape index (κ1) is 23.8. The molecule has 0 aliphatic rings. The van der Waals surface area contributed by atoms with E-state index in [9.17, 15) is 4.79 Å². The highest BCUT2D eigenvalue weighted by Gasteiger charge is 2.16. The van der Waals surface area contributed by atoms with E-state index < -0.39 is 0 Å². The summed E-state index contributed by atoms with van der Waals surface area (Å²) in [6.45, 7) is 1.77. The highest BCUT2D eigenvalue weighted by atomic mass is 16.1. The van der Waals surface area contributed by atoms with Gasteiger partial charge in [-0.1, -0.05) is 30.2 Å². The fraction of sp³-hybridized carbons (Fsp3) is 0.207. The van der Waals surface area contributed by atoms with E-state index in [1.807, 2.05) is 58.5 Å². The maximum atomic E-state index is 12.7. The second-order valence-electron chi connectivity index (χ2n) is 8.88. The monoisotopic (exact) mass is 463 g/mol. The van der Waals surface area contributed by atoms with Crippen LogP contribution in [0.5, 0.6) is 0 Å². The third kappa shape index (κ3) is 5.10. The van der Waals surface area contributed by atoms with E-state index in [-0.39, 0.29) is 11.9 Å². The Bertz CT molecular complexity index is 1430. The molecule has 0 aliphatic heterocycles. The first-order valence-electron chi connectivity index (χ1n) is 11.4. The van der Waals surface area contributed by atoms with Crippen LogP contribution in [0.25, 0.3) is 33.5 Å². The summed E-state index contributed by atoms with van der Waals surface area (Å²) < 4.78 is 0. The predicted octanol–water partition coefficient (Wildman–Crippen LogP) is 4.85. The maximum absolute atomic E-state index is 12.7. The number of hydrogen-bond acceptors (Lipinski definition) is 5. The second kappa shape index (κ2) is 9.86. The number of carbonyl (C=O) groups is 1. The van der Waals surface area contributed by atoms with Crippen LogP contribution in [-0.4, -0.2) is 50.1 Å². The van der Waals surface area contributed by atoms with Crippen molar-refractivity contribution >= 4 is 28.3 Å². The van der Waals surface area contributed by atoms with E-state index in [2.05, 4.69) is 45.3 Å². The Labute approximate surface area is 206 Å². The van der Waals surface area contributed by atoms with Gasteiger partial charge in [0.05, 0.1) is 28.5 Å². The van der Waals surface area contributed by atoms with Crippen LogP contribution in [0.4, 0.5) is 11.4 Å². The molecule has 0 saturated heterocycles. The molecule has 4 rings (SSSR count). The van der Waals surface area contributed by atoms with Gasteiger partial charge in [-0.05, 0) is 49.4 Å². The molecule has 0 radical (unpaired) electrons. The molecule has 0 fully saturated rings. The van der Waals surface area contributed by atoms with Crippen molar-refractivity contribution in [3.05, 3.63) is 72.3 Å². The Hall–Kier alpha value is -4.37. The van der Waals surface area contributed by atoms with E-state index in [4.69, 9.17) is 16.4 Å². The van der Waals surface area contributed by atoms with Crippen molar-refractivity contribution in [3.63, 3.8) is 0 Å². The zero-order chi connectivity index (χ0) is 25.1. The molecule has 176 valence electrons. The van der Waals surface area contributed by atoms with Crippen molar-refractivity contribution in [3.8, 4) is 34.9 Å². The van der Waals surface area contributed by atoms with Gasteiger partial charge in [-0.15, -0.1) is 6.42 Å². The molecule has 6 heteroatoms. The molecule has 0 aliphatic carbocycles. The van der Waals surface area contributed by atoms with Gasteiger partial charge in [0.1, 0.15) is 0 Å². The molecular formula is C29H29N5O. The second-order valence-corrected chi connectivity index (χ2v) is 8.88. The Morgan fingerprint density at radius 1 is 0.829 bits per heavy atom. The summed E-state index contributed by atoms with van der Waals surface area (Å²) >= 11 is 0. The summed E-state index contributed by atoms with van der Waals surface area (Å²) in [4.78, 5) is 26.8. The molecule has 1 unspecified atom stereocenters. The lowest BCUT2D eigenvalue weighted by Gasteiger charge is -2.17. The molecule has 0 saturated carbocycles. The van der Waals surface area contributed by atoms with Crippen molar-refractivity contribution in [1.82, 2.24) is 15.3 Å². The Morgan fingerprint density at radius 2 is 1.37 bits per heavy atom. The Kier molecular flexibility index (Phi) is 6.70. The van der Waals surface area contributed by atoms with Crippen molar-refractivity contribution in [1.29, 1.82) is 0 Å². The van der Waals surface area contributed by atoms with Crippen LogP contribution in [0, 0.1) is 12.3 Å². The predicted molar refractivity (Wildman–Crippen MR) is 145 cm³/mol. The Balaban J connectivity index is 1.92. The Morgan fingerprint density at radius 3 is 1.89 bits per heavy atom. The molecule has 4 aromatic rings. The number of benzene rings is 3. The first-order valence-corrected chi connectivity index (χ1v) is 11.4. The standard InChI is InChI=1S/C29H29N5O/c1-7-19(2)30-29(35)22-14-15-25-26(18-22)32-28(21-11-9-13-24(17-21)34(5)6)27(31-25)20-10-8-12-23(16-20)33(3)4/h1,8-19H,2-6H3,(H,30,35). The number of anilines is 2. The van der Waals surface area contributed by atoms with Crippen LogP contribution in [0.1, 0.15) is 17.3 Å². The molecule has 1 aromatic heterocycles. The fourth-order valence-electron chi connectivity index (χ4n) is 3.78. The minimum atomic E-state index is -0.361. The number of terminal acetylenes is 1. The van der Waals surface area contributed by atoms with Crippen molar-refractivity contribution < 1.29 is 4.79 Å². The topological polar surface area (TPSA) is 61.4 Å². The van der Waals surface area contributed by atoms with E-state index in [0.717, 1.165) is 33.9 Å². The summed E-state index contributed by atoms with van der Waals surface area (Å²) in [5.41, 5.74) is 7.45. The zero-order valence-corrected chi connectivity index (χ0v) is 20.7. The van der Waals surface area contributed by atoms with E-state index in [1.54, 1.807) is 19.1 Å². The highest BCUT2D eigenvalue weighted by molar-refractivity contribution is 5.98. The molecule has 1 atom stereocenters. The molecule has 35 heavy (non-hydrogen) atoms. The van der Waals surface area contributed by atoms with Gasteiger partial charge in [-0.3, -0.25) is 4.79 Å². The lowest BCUT2D eigenvalue weighted by atomic mass is 10.0. The third-order valence-corrected chi connectivity index (χ3v) is 5.80. The highest BCUT2D eigenvalue weighted by Crippen LogP contribution is 2.34. The number of nitrogens with zero attached hydrogens (tertiary/aromatic N) is 4. The summed E-state index contributed by atoms with van der Waals surface area (Å²) in [6, 6.07) is 21.4. The molecule has 1 heterocycles. The summed E-state index contributed by atoms with van der Waals surface area (Å²) in [5, 5.41) is 2.80. The normalized spacial score (nSPS) is 11.5. The van der Waals surface area contributed by atoms with E-state index >= 15 is 0 Å². The van der Waals surface area contributed by atoms with Crippen LogP contribution < -0.4 is 15.1 Å². The first-order chi connectivity index (χ1) is 16.8. The van der Waals surface area contributed by atoms with Crippen LogP contribution in [-0.2, 0) is 0 Å². The van der Waals surface area contributed by atoms with Gasteiger partial charge in [0, 0.05) is 56.3 Å². The molecule has 1 N–H and O–H groups in total. The lowest BCUT2D eigenvalue weighted by molar-refractivity contribution is 0.0948. The van der Waals surface area contributed by atoms with Gasteiger partial charge in [0.25, 0.3) is 5.91 Å². The van der Waals surface area contributed by atoms with Crippen LogP contribution in [0.15, 0.2) is 66.7 Å². The summed E-state index contributed by atoms with van der Waals surface area (Å²) in [5.74, 6) is 2.28. The van der Waals surface area contributed by atoms with Crippen molar-refractivity contribution in [2.75, 3.05) is 38.0 Å². The summed E-state index contributed by atoms with van der Waals surface area (Å²) in [6.07, 6.45) is 5.41. The molecule has 3 aromatic carbocycles. The molecule has 1 amide bonds. The zero-order valence-electron chi connectivity index (χ0n) is 20.7. The van der Waals surface area contributed by atoms with Crippen LogP contribution in [0.2, 0.25) is 0 Å². The van der Waals surface area contributed by atoms with Crippen LogP contribution >= 0.6 is 0 Å². The largest absolute Gasteiger partial charge is 0.378 e. The van der Waals surface area contributed by atoms with Gasteiger partial charge in [-0.2, -0.15) is 0 Å². The smallest absolute Gasteiger partial charge is 0.252 e. The minimum absolute atomic E-state index is 0.238. The summed E-state index contributed by atoms with van der Waals surface area (Å²) in [7, 11) is 8.05. The number of fused-ring (bicyclic) bond motifs is 1. The maximum Gasteiger partial charge on any atom is 0.252 e. The van der Waals surface area contributed by atoms with Gasteiger partial charge >= 0.3 is 0 Å². The number of nitrogens with one attached hydrogen (secondary N) is 1. The molecule has 6 nitrogen and oxygen atoms in total. The number of rotatable bonds is 6. The number of hydrogen-bond donors (Lipinski definition) is 1. The fourth-order valence-corrected chi connectivity index (χ4v) is 3.78. The third-order valence-electron chi connectivity index (χ3n) is 5.80. The minimum Gasteiger partial charge on any atom is -0.378 e. The SMILES string of the molecule is C#CC(C)NC(=O)c1ccc2nc(-c3cccc(N(C)C)c3)c(-c3cccc(N(C)C)c3)nc2c1. The van der Waals surface area contributed by atoms with Gasteiger partial charge < -0.3 is 15.1 Å². The van der Waals surface area contributed by atoms with Gasteiger partial charge in [0.2, 0.25) is 0 Å². The number of aromatic nitrogens is 2. The van der Waals surface area contributed by atoms with Gasteiger partial charge in [-0.25, -0.2) is 9.97 Å². The molecule has 0 spiro atoms. The lowest BCUT2D eigenvalue weighted by Crippen LogP contribution is -2.31. The quantitative estimate of drug-likeness (QED) is 0.414. The molecule has 0 bridgehead atoms. The number of amides is 1. The van der Waals surface area contributed by atoms with Gasteiger partial charge in [0.15, 0.2) is 0 Å². The number of carbonyl (C=O) groups excluding carboxylic acids is 1.